The van der Waals surface area contributed by atoms with Gasteiger partial charge in [-0.3, -0.25) is 9.69 Å². The van der Waals surface area contributed by atoms with Crippen LogP contribution in [0, 0.1) is 19.7 Å². The maximum absolute atomic E-state index is 13.5. The number of aliphatic imine (C=N–C) groups is 1. The predicted molar refractivity (Wildman–Crippen MR) is 126 cm³/mol. The van der Waals surface area contributed by atoms with Gasteiger partial charge in [0.05, 0.1) is 18.1 Å². The van der Waals surface area contributed by atoms with E-state index in [2.05, 4.69) is 22.9 Å². The molecule has 33 heavy (non-hydrogen) atoms. The van der Waals surface area contributed by atoms with Crippen LogP contribution >= 0.6 is 0 Å². The lowest BCUT2D eigenvalue weighted by Gasteiger charge is -2.40. The smallest absolute Gasteiger partial charge is 0.279 e. The lowest BCUT2D eigenvalue weighted by Crippen LogP contribution is -2.51. The van der Waals surface area contributed by atoms with Gasteiger partial charge in [-0.25, -0.2) is 14.4 Å². The Labute approximate surface area is 192 Å². The summed E-state index contributed by atoms with van der Waals surface area (Å²) in [6, 6.07) is 12.3. The number of carbonyl (C=O) groups is 1. The molecule has 3 aromatic rings. The molecular weight excluding hydrogens is 417 g/mol. The molecule has 0 bridgehead atoms. The SMILES string of the molecule is CCN1CC[C@H](c2ccc(F)cc2)N2C(=O)/C(=C/c3ccc(-n4cnc(C)c4)c(C)c3)N=C12. The van der Waals surface area contributed by atoms with Gasteiger partial charge in [-0.1, -0.05) is 18.2 Å². The van der Waals surface area contributed by atoms with E-state index in [1.165, 1.54) is 12.1 Å². The summed E-state index contributed by atoms with van der Waals surface area (Å²) in [6.45, 7) is 7.63. The summed E-state index contributed by atoms with van der Waals surface area (Å²) >= 11 is 0. The molecule has 0 unspecified atom stereocenters. The summed E-state index contributed by atoms with van der Waals surface area (Å²) in [5.41, 5.74) is 5.35. The number of aromatic nitrogens is 2. The molecule has 0 spiro atoms. The number of benzene rings is 2. The monoisotopic (exact) mass is 443 g/mol. The highest BCUT2D eigenvalue weighted by Gasteiger charge is 2.41. The van der Waals surface area contributed by atoms with Crippen molar-refractivity contribution >= 4 is 17.9 Å². The maximum Gasteiger partial charge on any atom is 0.279 e. The van der Waals surface area contributed by atoms with Crippen molar-refractivity contribution in [3.63, 3.8) is 0 Å². The number of guanidine groups is 1. The molecule has 5 rings (SSSR count). The normalized spacial score (nSPS) is 19.3. The molecule has 0 radical (unpaired) electrons. The Morgan fingerprint density at radius 3 is 2.61 bits per heavy atom. The van der Waals surface area contributed by atoms with E-state index in [1.807, 2.05) is 42.8 Å². The highest BCUT2D eigenvalue weighted by molar-refractivity contribution is 6.14. The predicted octanol–water partition coefficient (Wildman–Crippen LogP) is 4.63. The van der Waals surface area contributed by atoms with Gasteiger partial charge in [-0.15, -0.1) is 0 Å². The van der Waals surface area contributed by atoms with Crippen molar-refractivity contribution in [2.24, 2.45) is 4.99 Å². The Bertz CT molecular complexity index is 1270. The van der Waals surface area contributed by atoms with Crippen LogP contribution < -0.4 is 0 Å². The van der Waals surface area contributed by atoms with Gasteiger partial charge in [0.15, 0.2) is 0 Å². The Morgan fingerprint density at radius 2 is 1.94 bits per heavy atom. The van der Waals surface area contributed by atoms with Crippen LogP contribution in [0.15, 0.2) is 65.7 Å². The third kappa shape index (κ3) is 3.84. The Kier molecular flexibility index (Phi) is 5.32. The second-order valence-electron chi connectivity index (χ2n) is 8.52. The minimum absolute atomic E-state index is 0.121. The van der Waals surface area contributed by atoms with Crippen LogP contribution in [0.4, 0.5) is 4.39 Å². The summed E-state index contributed by atoms with van der Waals surface area (Å²) in [5.74, 6) is 0.276. The quantitative estimate of drug-likeness (QED) is 0.553. The van der Waals surface area contributed by atoms with E-state index >= 15 is 0 Å². The van der Waals surface area contributed by atoms with Gasteiger partial charge in [-0.2, -0.15) is 0 Å². The van der Waals surface area contributed by atoms with Gasteiger partial charge in [-0.05, 0) is 74.2 Å². The second kappa shape index (κ2) is 8.31. The van der Waals surface area contributed by atoms with Crippen LogP contribution in [0.1, 0.15) is 41.8 Å². The molecule has 2 aliphatic rings. The number of rotatable bonds is 4. The summed E-state index contributed by atoms with van der Waals surface area (Å²) in [6.07, 6.45) is 6.41. The van der Waals surface area contributed by atoms with Crippen LogP contribution in [0.3, 0.4) is 0 Å². The fourth-order valence-corrected chi connectivity index (χ4v) is 4.60. The zero-order valence-corrected chi connectivity index (χ0v) is 19.0. The number of hydrogen-bond donors (Lipinski definition) is 0. The molecule has 6 nitrogen and oxygen atoms in total. The molecule has 168 valence electrons. The first kappa shape index (κ1) is 21.1. The molecular formula is C26H26FN5O. The molecule has 0 aliphatic carbocycles. The van der Waals surface area contributed by atoms with E-state index < -0.39 is 0 Å². The number of imidazole rings is 1. The standard InChI is InChI=1S/C26H26FN5O/c1-4-30-12-11-24(20-6-8-21(27)9-7-20)32-25(33)22(29-26(30)32)14-19-5-10-23(17(2)13-19)31-15-18(3)28-16-31/h5-10,13-16,24H,4,11-12H2,1-3H3/b22-14-/t24-/m1/s1. The first-order valence-electron chi connectivity index (χ1n) is 11.2. The average Bonchev–Trinajstić information content (AvgIpc) is 3.37. The van der Waals surface area contributed by atoms with Gasteiger partial charge in [0, 0.05) is 25.0 Å². The second-order valence-corrected chi connectivity index (χ2v) is 8.52. The first-order valence-corrected chi connectivity index (χ1v) is 11.2. The zero-order chi connectivity index (χ0) is 23.1. The van der Waals surface area contributed by atoms with Crippen molar-refractivity contribution in [2.75, 3.05) is 13.1 Å². The van der Waals surface area contributed by atoms with Crippen LogP contribution in [0.2, 0.25) is 0 Å². The van der Waals surface area contributed by atoms with Crippen LogP contribution in [-0.4, -0.2) is 44.3 Å². The molecule has 2 aromatic carbocycles. The van der Waals surface area contributed by atoms with E-state index in [-0.39, 0.29) is 17.8 Å². The van der Waals surface area contributed by atoms with Gasteiger partial charge in [0.25, 0.3) is 5.91 Å². The molecule has 0 N–H and O–H groups in total. The van der Waals surface area contributed by atoms with Crippen molar-refractivity contribution in [3.8, 4) is 5.69 Å². The molecule has 2 aliphatic heterocycles. The molecule has 1 saturated heterocycles. The fraction of sp³-hybridized carbons (Fsp3) is 0.269. The fourth-order valence-electron chi connectivity index (χ4n) is 4.60. The van der Waals surface area contributed by atoms with Gasteiger partial charge in [0.2, 0.25) is 5.96 Å². The molecule has 1 fully saturated rings. The van der Waals surface area contributed by atoms with Crippen molar-refractivity contribution < 1.29 is 9.18 Å². The number of carbonyl (C=O) groups excluding carboxylic acids is 1. The average molecular weight is 444 g/mol. The van der Waals surface area contributed by atoms with Crippen LogP contribution in [0.25, 0.3) is 11.8 Å². The van der Waals surface area contributed by atoms with E-state index in [0.29, 0.717) is 11.7 Å². The molecule has 1 amide bonds. The van der Waals surface area contributed by atoms with Gasteiger partial charge < -0.3 is 9.47 Å². The summed E-state index contributed by atoms with van der Waals surface area (Å²) < 4.78 is 15.5. The Balaban J connectivity index is 1.48. The number of amides is 1. The van der Waals surface area contributed by atoms with Gasteiger partial charge in [0.1, 0.15) is 11.5 Å². The number of nitrogens with zero attached hydrogens (tertiary/aromatic N) is 5. The van der Waals surface area contributed by atoms with E-state index in [1.54, 1.807) is 23.4 Å². The maximum atomic E-state index is 13.5. The van der Waals surface area contributed by atoms with Crippen molar-refractivity contribution in [1.82, 2.24) is 19.4 Å². The van der Waals surface area contributed by atoms with Crippen LogP contribution in [0.5, 0.6) is 0 Å². The van der Waals surface area contributed by atoms with Crippen LogP contribution in [-0.2, 0) is 4.79 Å². The summed E-state index contributed by atoms with van der Waals surface area (Å²) in [7, 11) is 0. The first-order chi connectivity index (χ1) is 15.9. The number of aryl methyl sites for hydroxylation is 2. The van der Waals surface area contributed by atoms with E-state index in [0.717, 1.165) is 47.6 Å². The molecule has 1 aromatic heterocycles. The molecule has 0 saturated carbocycles. The van der Waals surface area contributed by atoms with Crippen molar-refractivity contribution in [3.05, 3.63) is 88.9 Å². The van der Waals surface area contributed by atoms with Gasteiger partial charge >= 0.3 is 0 Å². The Morgan fingerprint density at radius 1 is 1.15 bits per heavy atom. The summed E-state index contributed by atoms with van der Waals surface area (Å²) in [4.78, 5) is 26.4. The van der Waals surface area contributed by atoms with Crippen molar-refractivity contribution in [1.29, 1.82) is 0 Å². The largest absolute Gasteiger partial charge is 0.342 e. The Hall–Kier alpha value is -3.74. The number of hydrogen-bond acceptors (Lipinski definition) is 4. The van der Waals surface area contributed by atoms with E-state index in [9.17, 15) is 9.18 Å². The third-order valence-corrected chi connectivity index (χ3v) is 6.29. The minimum atomic E-state index is -0.281. The minimum Gasteiger partial charge on any atom is -0.342 e. The highest BCUT2D eigenvalue weighted by Crippen LogP contribution is 2.35. The topological polar surface area (TPSA) is 53.7 Å². The van der Waals surface area contributed by atoms with E-state index in [4.69, 9.17) is 4.99 Å². The lowest BCUT2D eigenvalue weighted by molar-refractivity contribution is -0.125. The highest BCUT2D eigenvalue weighted by atomic mass is 19.1. The number of halogens is 1. The molecule has 7 heteroatoms. The summed E-state index contributed by atoms with van der Waals surface area (Å²) in [5, 5.41) is 0. The molecule has 1 atom stereocenters. The molecule has 3 heterocycles. The lowest BCUT2D eigenvalue weighted by atomic mass is 9.99. The van der Waals surface area contributed by atoms with Crippen molar-refractivity contribution in [2.45, 2.75) is 33.2 Å². The third-order valence-electron chi connectivity index (χ3n) is 6.29. The zero-order valence-electron chi connectivity index (χ0n) is 19.0. The number of fused-ring (bicyclic) bond motifs is 1.